The smallest absolute Gasteiger partial charge is 0.326 e. The monoisotopic (exact) mass is 285 g/mol. The number of likely N-dealkylation sites (tertiary alicyclic amines) is 1. The molecule has 1 fully saturated rings. The van der Waals surface area contributed by atoms with Gasteiger partial charge in [0.1, 0.15) is 5.54 Å². The summed E-state index contributed by atoms with van der Waals surface area (Å²) in [5.41, 5.74) is -0.559. The maximum absolute atomic E-state index is 12.0. The van der Waals surface area contributed by atoms with Gasteiger partial charge in [-0.3, -0.25) is 4.79 Å². The van der Waals surface area contributed by atoms with Crippen LogP contribution in [0.5, 0.6) is 0 Å². The molecule has 118 valence electrons. The van der Waals surface area contributed by atoms with Crippen molar-refractivity contribution in [2.45, 2.75) is 44.7 Å². The predicted octanol–water partition coefficient (Wildman–Crippen LogP) is 0.944. The molecular weight excluding hydrogens is 254 g/mol. The fourth-order valence-electron chi connectivity index (χ4n) is 2.71. The van der Waals surface area contributed by atoms with Crippen LogP contribution in [0, 0.1) is 0 Å². The van der Waals surface area contributed by atoms with Crippen LogP contribution in [0.15, 0.2) is 0 Å². The molecule has 1 saturated heterocycles. The molecule has 2 unspecified atom stereocenters. The first-order valence-corrected chi connectivity index (χ1v) is 7.68. The number of nitrogens with one attached hydrogen (secondary N) is 1. The van der Waals surface area contributed by atoms with Crippen LogP contribution in [-0.2, 0) is 9.53 Å². The first-order valence-electron chi connectivity index (χ1n) is 7.68. The zero-order chi connectivity index (χ0) is 15.2. The lowest BCUT2D eigenvalue weighted by Gasteiger charge is -2.27. The minimum absolute atomic E-state index is 0.143. The van der Waals surface area contributed by atoms with E-state index < -0.39 is 5.54 Å². The minimum Gasteiger partial charge on any atom is -0.465 e. The molecule has 1 N–H and O–H groups in total. The number of hydrogen-bond donors (Lipinski definition) is 1. The quantitative estimate of drug-likeness (QED) is 0.673. The summed E-state index contributed by atoms with van der Waals surface area (Å²) in [5.74, 6) is -0.143. The van der Waals surface area contributed by atoms with Crippen LogP contribution in [0.2, 0.25) is 0 Å². The zero-order valence-corrected chi connectivity index (χ0v) is 13.7. The van der Waals surface area contributed by atoms with Gasteiger partial charge in [0, 0.05) is 12.6 Å². The maximum Gasteiger partial charge on any atom is 0.326 e. The van der Waals surface area contributed by atoms with Crippen molar-refractivity contribution in [1.82, 2.24) is 15.1 Å². The van der Waals surface area contributed by atoms with Crippen molar-refractivity contribution in [3.8, 4) is 0 Å². The predicted molar refractivity (Wildman–Crippen MR) is 81.9 cm³/mol. The van der Waals surface area contributed by atoms with Gasteiger partial charge in [0.05, 0.1) is 6.61 Å². The molecule has 0 aromatic rings. The third-order valence-corrected chi connectivity index (χ3v) is 4.41. The Balaban J connectivity index is 2.33. The maximum atomic E-state index is 12.0. The van der Waals surface area contributed by atoms with Gasteiger partial charge in [-0.1, -0.05) is 0 Å². The van der Waals surface area contributed by atoms with Gasteiger partial charge in [-0.05, 0) is 67.3 Å². The number of carbonyl (C=O) groups excluding carboxylic acids is 1. The van der Waals surface area contributed by atoms with E-state index in [0.29, 0.717) is 12.6 Å². The minimum atomic E-state index is -0.559. The first kappa shape index (κ1) is 17.4. The Bertz CT molecular complexity index is 309. The highest BCUT2D eigenvalue weighted by Gasteiger charge is 2.33. The zero-order valence-electron chi connectivity index (χ0n) is 13.7. The molecule has 5 nitrogen and oxygen atoms in total. The molecule has 0 aliphatic carbocycles. The molecule has 1 aliphatic rings. The van der Waals surface area contributed by atoms with E-state index in [0.717, 1.165) is 25.9 Å². The lowest BCUT2D eigenvalue weighted by Crippen LogP contribution is -2.49. The van der Waals surface area contributed by atoms with Crippen molar-refractivity contribution in [3.05, 3.63) is 0 Å². The van der Waals surface area contributed by atoms with Crippen LogP contribution in [0.1, 0.15) is 33.1 Å². The first-order chi connectivity index (χ1) is 9.42. The number of nitrogens with zero attached hydrogens (tertiary/aromatic N) is 2. The number of carbonyl (C=O) groups is 1. The molecular formula is C15H31N3O2. The van der Waals surface area contributed by atoms with Crippen LogP contribution in [0.25, 0.3) is 0 Å². The van der Waals surface area contributed by atoms with E-state index in [-0.39, 0.29) is 5.97 Å². The lowest BCUT2D eigenvalue weighted by atomic mass is 9.96. The fourth-order valence-corrected chi connectivity index (χ4v) is 2.71. The largest absolute Gasteiger partial charge is 0.465 e. The summed E-state index contributed by atoms with van der Waals surface area (Å²) in [5, 5.41) is 3.11. The Morgan fingerprint density at radius 2 is 2.20 bits per heavy atom. The van der Waals surface area contributed by atoms with Crippen LogP contribution in [0.3, 0.4) is 0 Å². The van der Waals surface area contributed by atoms with Gasteiger partial charge < -0.3 is 19.9 Å². The molecule has 0 aromatic carbocycles. The van der Waals surface area contributed by atoms with E-state index in [2.05, 4.69) is 29.2 Å². The Morgan fingerprint density at radius 3 is 2.70 bits per heavy atom. The number of ether oxygens (including phenoxy) is 1. The van der Waals surface area contributed by atoms with Crippen LogP contribution >= 0.6 is 0 Å². The molecule has 1 aliphatic heterocycles. The van der Waals surface area contributed by atoms with Gasteiger partial charge in [0.2, 0.25) is 0 Å². The van der Waals surface area contributed by atoms with Crippen LogP contribution in [-0.4, -0.2) is 74.7 Å². The summed E-state index contributed by atoms with van der Waals surface area (Å²) >= 11 is 0. The SMILES string of the molecule is CCOC(=O)C(C)(CCCN1CCC(N(C)C)C1)NC. The van der Waals surface area contributed by atoms with E-state index in [1.165, 1.54) is 13.0 Å². The van der Waals surface area contributed by atoms with Crippen molar-refractivity contribution >= 4 is 5.97 Å². The van der Waals surface area contributed by atoms with E-state index in [1.807, 2.05) is 20.9 Å². The Labute approximate surface area is 123 Å². The average molecular weight is 285 g/mol. The Morgan fingerprint density at radius 1 is 1.50 bits per heavy atom. The molecule has 0 aromatic heterocycles. The van der Waals surface area contributed by atoms with Crippen molar-refractivity contribution < 1.29 is 9.53 Å². The third kappa shape index (κ3) is 4.72. The third-order valence-electron chi connectivity index (χ3n) is 4.41. The highest BCUT2D eigenvalue weighted by Crippen LogP contribution is 2.18. The van der Waals surface area contributed by atoms with Gasteiger partial charge in [-0.15, -0.1) is 0 Å². The molecule has 0 bridgehead atoms. The molecule has 20 heavy (non-hydrogen) atoms. The molecule has 1 rings (SSSR count). The van der Waals surface area contributed by atoms with Gasteiger partial charge in [-0.2, -0.15) is 0 Å². The number of likely N-dealkylation sites (N-methyl/N-ethyl adjacent to an activating group) is 2. The van der Waals surface area contributed by atoms with E-state index in [1.54, 1.807) is 0 Å². The number of hydrogen-bond acceptors (Lipinski definition) is 5. The van der Waals surface area contributed by atoms with Crippen LogP contribution in [0.4, 0.5) is 0 Å². The van der Waals surface area contributed by atoms with Gasteiger partial charge >= 0.3 is 5.97 Å². The summed E-state index contributed by atoms with van der Waals surface area (Å²) in [6, 6.07) is 0.677. The number of rotatable bonds is 8. The number of esters is 1. The lowest BCUT2D eigenvalue weighted by molar-refractivity contribution is -0.150. The van der Waals surface area contributed by atoms with Crippen molar-refractivity contribution in [2.75, 3.05) is 47.4 Å². The average Bonchev–Trinajstić information content (AvgIpc) is 2.87. The van der Waals surface area contributed by atoms with E-state index >= 15 is 0 Å². The molecule has 0 amide bonds. The summed E-state index contributed by atoms with van der Waals surface area (Å²) in [6.07, 6.45) is 3.07. The highest BCUT2D eigenvalue weighted by molar-refractivity contribution is 5.80. The Kier molecular flexibility index (Phi) is 6.92. The molecule has 0 radical (unpaired) electrons. The Hall–Kier alpha value is -0.650. The standard InChI is InChI=1S/C15H31N3O2/c1-6-20-14(19)15(2,16-3)9-7-10-18-11-8-13(12-18)17(4)5/h13,16H,6-12H2,1-5H3. The summed E-state index contributed by atoms with van der Waals surface area (Å²) < 4.78 is 5.15. The summed E-state index contributed by atoms with van der Waals surface area (Å²) in [4.78, 5) is 16.8. The van der Waals surface area contributed by atoms with Gasteiger partial charge in [0.25, 0.3) is 0 Å². The summed E-state index contributed by atoms with van der Waals surface area (Å²) in [7, 11) is 6.12. The van der Waals surface area contributed by atoms with Gasteiger partial charge in [0.15, 0.2) is 0 Å². The van der Waals surface area contributed by atoms with E-state index in [9.17, 15) is 4.79 Å². The highest BCUT2D eigenvalue weighted by atomic mass is 16.5. The fraction of sp³-hybridized carbons (Fsp3) is 0.933. The summed E-state index contributed by atoms with van der Waals surface area (Å²) in [6.45, 7) is 7.58. The van der Waals surface area contributed by atoms with Crippen molar-refractivity contribution in [3.63, 3.8) is 0 Å². The molecule has 0 spiro atoms. The molecule has 0 saturated carbocycles. The van der Waals surface area contributed by atoms with Crippen LogP contribution < -0.4 is 5.32 Å². The molecule has 5 heteroatoms. The molecule has 2 atom stereocenters. The topological polar surface area (TPSA) is 44.8 Å². The second-order valence-corrected chi connectivity index (χ2v) is 6.11. The second-order valence-electron chi connectivity index (χ2n) is 6.11. The van der Waals surface area contributed by atoms with E-state index in [4.69, 9.17) is 4.74 Å². The molecule has 1 heterocycles. The second kappa shape index (κ2) is 7.96. The van der Waals surface area contributed by atoms with Gasteiger partial charge in [-0.25, -0.2) is 0 Å². The normalized spacial score (nSPS) is 23.0. The van der Waals surface area contributed by atoms with Crippen molar-refractivity contribution in [1.29, 1.82) is 0 Å². The van der Waals surface area contributed by atoms with Crippen molar-refractivity contribution in [2.24, 2.45) is 0 Å².